The molecule has 8 rings (SSSR count). The number of fused-ring (bicyclic) bond motifs is 5. The van der Waals surface area contributed by atoms with E-state index in [4.69, 9.17) is 4.98 Å². The maximum absolute atomic E-state index is 12.7. The summed E-state index contributed by atoms with van der Waals surface area (Å²) < 4.78 is 2.14. The number of amides is 3. The third kappa shape index (κ3) is 5.19. The predicted molar refractivity (Wildman–Crippen MR) is 187 cm³/mol. The van der Waals surface area contributed by atoms with Crippen molar-refractivity contribution in [2.24, 2.45) is 0 Å². The summed E-state index contributed by atoms with van der Waals surface area (Å²) in [6.07, 6.45) is 3.23. The summed E-state index contributed by atoms with van der Waals surface area (Å²) >= 11 is 0. The van der Waals surface area contributed by atoms with Crippen molar-refractivity contribution in [1.82, 2.24) is 19.9 Å². The number of hydrogen-bond acceptors (Lipinski definition) is 5. The zero-order valence-electron chi connectivity index (χ0n) is 25.8. The van der Waals surface area contributed by atoms with Crippen LogP contribution in [0.5, 0.6) is 0 Å². The number of hydrogen-bond donors (Lipinski definition) is 5. The highest BCUT2D eigenvalue weighted by atomic mass is 16.4. The van der Waals surface area contributed by atoms with Gasteiger partial charge in [-0.15, -0.1) is 0 Å². The van der Waals surface area contributed by atoms with Gasteiger partial charge >= 0.3 is 12.1 Å². The molecule has 5 N–H and O–H groups in total. The van der Waals surface area contributed by atoms with Crippen LogP contribution >= 0.6 is 0 Å². The molecule has 2 aliphatic rings. The van der Waals surface area contributed by atoms with Crippen molar-refractivity contribution in [3.63, 3.8) is 0 Å². The monoisotopic (exact) mass is 633 g/mol. The molecule has 3 amide bonds. The Hall–Kier alpha value is -6.42. The Balaban J connectivity index is 1.24. The lowest BCUT2D eigenvalue weighted by molar-refractivity contribution is 0.144. The maximum atomic E-state index is 12.7. The summed E-state index contributed by atoms with van der Waals surface area (Å²) in [6, 6.07) is 36.6. The number of carbonyl (C=O) groups is 2. The summed E-state index contributed by atoms with van der Waals surface area (Å²) in [7, 11) is 0. The van der Waals surface area contributed by atoms with Crippen molar-refractivity contribution in [2.75, 3.05) is 16.0 Å². The third-order valence-electron chi connectivity index (χ3n) is 9.04. The fraction of sp³-hybridized carbons (Fsp3) is 0.105. The van der Waals surface area contributed by atoms with E-state index in [2.05, 4.69) is 30.8 Å². The smallest absolute Gasteiger partial charge is 0.405 e. The van der Waals surface area contributed by atoms with Gasteiger partial charge < -0.3 is 26.4 Å². The first kappa shape index (κ1) is 29.0. The summed E-state index contributed by atoms with van der Waals surface area (Å²) in [6.45, 7) is 0. The molecule has 1 saturated carbocycles. The molecule has 48 heavy (non-hydrogen) atoms. The minimum absolute atomic E-state index is 0.335. The first-order chi connectivity index (χ1) is 23.5. The van der Waals surface area contributed by atoms with Crippen molar-refractivity contribution < 1.29 is 14.7 Å². The lowest BCUT2D eigenvalue weighted by Gasteiger charge is -2.42. The van der Waals surface area contributed by atoms with E-state index in [9.17, 15) is 14.7 Å². The molecule has 2 aromatic heterocycles. The Morgan fingerprint density at radius 3 is 2.17 bits per heavy atom. The SMILES string of the molecule is O=C(O)NC1(c2ccc(-c3c(-c4ccc(NC(=O)Nc5ccccc5)cc4)nc4n3-c3cccnc3Nc3ccccc3-4)cc2)CCC1. The van der Waals surface area contributed by atoms with Crippen molar-refractivity contribution in [3.8, 4) is 39.6 Å². The van der Waals surface area contributed by atoms with Crippen LogP contribution in [0.25, 0.3) is 39.6 Å². The van der Waals surface area contributed by atoms with Crippen LogP contribution in [0.4, 0.5) is 32.5 Å². The topological polar surface area (TPSA) is 133 Å². The number of aromatic nitrogens is 3. The number of nitrogens with zero attached hydrogens (tertiary/aromatic N) is 3. The number of pyridine rings is 1. The second-order valence-electron chi connectivity index (χ2n) is 12.0. The minimum atomic E-state index is -1.02. The van der Waals surface area contributed by atoms with Crippen molar-refractivity contribution in [1.29, 1.82) is 0 Å². The molecule has 0 bridgehead atoms. The number of imidazole rings is 1. The first-order valence-electron chi connectivity index (χ1n) is 15.8. The Kier molecular flexibility index (Phi) is 7.10. The molecule has 10 nitrogen and oxygen atoms in total. The molecular formula is C38H31N7O3. The fourth-order valence-electron chi connectivity index (χ4n) is 6.59. The van der Waals surface area contributed by atoms with E-state index in [0.29, 0.717) is 17.2 Å². The standard InChI is InChI=1S/C38H31N7O3/c46-36(40-27-8-2-1-3-9-27)41-28-19-15-24(16-20-28)32-33(25-13-17-26(18-14-25)38(21-7-22-38)44-37(47)48)45-31-12-6-23-39-34(31)42-30-11-5-4-10-29(30)35(45)43-32/h1-6,8-20,23,44H,7,21-22H2,(H,39,42)(H,47,48)(H2,40,41,46). The molecule has 1 aliphatic heterocycles. The quantitative estimate of drug-likeness (QED) is 0.125. The van der Waals surface area contributed by atoms with Crippen LogP contribution in [-0.2, 0) is 5.54 Å². The van der Waals surface area contributed by atoms with E-state index in [-0.39, 0.29) is 6.03 Å². The van der Waals surface area contributed by atoms with Gasteiger partial charge in [0.05, 0.1) is 28.3 Å². The van der Waals surface area contributed by atoms with Gasteiger partial charge in [-0.2, -0.15) is 0 Å². The molecule has 3 heterocycles. The van der Waals surface area contributed by atoms with Crippen LogP contribution in [0.3, 0.4) is 0 Å². The van der Waals surface area contributed by atoms with E-state index in [1.807, 2.05) is 115 Å². The first-order valence-corrected chi connectivity index (χ1v) is 15.8. The van der Waals surface area contributed by atoms with Crippen molar-refractivity contribution >= 4 is 35.0 Å². The highest BCUT2D eigenvalue weighted by molar-refractivity contribution is 6.00. The molecule has 6 aromatic rings. The average Bonchev–Trinajstić information content (AvgIpc) is 3.41. The zero-order chi connectivity index (χ0) is 32.7. The molecule has 1 aliphatic carbocycles. The van der Waals surface area contributed by atoms with E-state index in [0.717, 1.165) is 70.1 Å². The van der Waals surface area contributed by atoms with Crippen LogP contribution in [0.1, 0.15) is 24.8 Å². The molecule has 4 aromatic carbocycles. The van der Waals surface area contributed by atoms with E-state index in [1.54, 1.807) is 6.20 Å². The van der Waals surface area contributed by atoms with Gasteiger partial charge in [0, 0.05) is 34.3 Å². The van der Waals surface area contributed by atoms with Crippen molar-refractivity contribution in [2.45, 2.75) is 24.8 Å². The number of anilines is 4. The second-order valence-corrected chi connectivity index (χ2v) is 12.0. The van der Waals surface area contributed by atoms with Crippen LogP contribution in [-0.4, -0.2) is 31.8 Å². The number of urea groups is 1. The van der Waals surface area contributed by atoms with Gasteiger partial charge in [0.1, 0.15) is 5.82 Å². The van der Waals surface area contributed by atoms with Gasteiger partial charge in [-0.3, -0.25) is 4.57 Å². The van der Waals surface area contributed by atoms with Gasteiger partial charge in [-0.25, -0.2) is 19.6 Å². The molecule has 0 radical (unpaired) electrons. The van der Waals surface area contributed by atoms with Gasteiger partial charge in [0.2, 0.25) is 0 Å². The van der Waals surface area contributed by atoms with Gasteiger partial charge in [-0.1, -0.05) is 66.7 Å². The zero-order valence-corrected chi connectivity index (χ0v) is 25.8. The molecule has 0 atom stereocenters. The highest BCUT2D eigenvalue weighted by Crippen LogP contribution is 2.46. The number of carboxylic acid groups (broad SMARTS) is 1. The maximum Gasteiger partial charge on any atom is 0.405 e. The Morgan fingerprint density at radius 2 is 1.46 bits per heavy atom. The Morgan fingerprint density at radius 1 is 0.771 bits per heavy atom. The van der Waals surface area contributed by atoms with E-state index in [1.165, 1.54) is 0 Å². The fourth-order valence-corrected chi connectivity index (χ4v) is 6.59. The average molecular weight is 634 g/mol. The van der Waals surface area contributed by atoms with Gasteiger partial charge in [-0.05, 0) is 73.4 Å². The molecular weight excluding hydrogens is 602 g/mol. The van der Waals surface area contributed by atoms with Crippen molar-refractivity contribution in [3.05, 3.63) is 127 Å². The summed E-state index contributed by atoms with van der Waals surface area (Å²) in [4.78, 5) is 34.3. The number of nitrogens with one attached hydrogen (secondary N) is 4. The van der Waals surface area contributed by atoms with E-state index < -0.39 is 11.6 Å². The molecule has 0 unspecified atom stereocenters. The molecule has 236 valence electrons. The molecule has 1 fully saturated rings. The summed E-state index contributed by atoms with van der Waals surface area (Å²) in [5, 5.41) is 21.6. The van der Waals surface area contributed by atoms with Gasteiger partial charge in [0.25, 0.3) is 0 Å². The minimum Gasteiger partial charge on any atom is -0.465 e. The number of rotatable bonds is 6. The lowest BCUT2D eigenvalue weighted by atomic mass is 9.71. The van der Waals surface area contributed by atoms with Crippen LogP contribution in [0.15, 0.2) is 121 Å². The van der Waals surface area contributed by atoms with Crippen LogP contribution in [0.2, 0.25) is 0 Å². The Labute approximate surface area is 276 Å². The summed E-state index contributed by atoms with van der Waals surface area (Å²) in [5.74, 6) is 1.46. The molecule has 10 heteroatoms. The predicted octanol–water partition coefficient (Wildman–Crippen LogP) is 8.62. The van der Waals surface area contributed by atoms with Crippen LogP contribution in [0, 0.1) is 0 Å². The number of carbonyl (C=O) groups excluding carboxylic acids is 1. The highest BCUT2D eigenvalue weighted by Gasteiger charge is 2.40. The van der Waals surface area contributed by atoms with Gasteiger partial charge in [0.15, 0.2) is 5.82 Å². The normalized spacial score (nSPS) is 13.8. The molecule has 0 spiro atoms. The Bertz CT molecular complexity index is 2160. The van der Waals surface area contributed by atoms with E-state index >= 15 is 0 Å². The lowest BCUT2D eigenvalue weighted by Crippen LogP contribution is -2.50. The van der Waals surface area contributed by atoms with Crippen LogP contribution < -0.4 is 21.3 Å². The largest absolute Gasteiger partial charge is 0.465 e. The molecule has 0 saturated heterocycles. The third-order valence-corrected chi connectivity index (χ3v) is 9.04. The summed E-state index contributed by atoms with van der Waals surface area (Å²) in [5.41, 5.74) is 7.77. The number of para-hydroxylation sites is 2. The second kappa shape index (κ2) is 11.7. The number of benzene rings is 4.